The molecule has 1 heterocycles. The molecule has 1 aliphatic carbocycles. The van der Waals surface area contributed by atoms with Gasteiger partial charge in [0.05, 0.1) is 5.60 Å². The van der Waals surface area contributed by atoms with E-state index < -0.39 is 5.60 Å². The topological polar surface area (TPSA) is 36.4 Å². The van der Waals surface area contributed by atoms with E-state index in [1.54, 1.807) is 0 Å². The normalized spacial score (nSPS) is 23.3. The maximum atomic E-state index is 12.0. The maximum Gasteiger partial charge on any atom is 0.0968 e. The Morgan fingerprint density at radius 3 is 2.72 bits per heavy atom. The van der Waals surface area contributed by atoms with Crippen LogP contribution < -0.4 is 0 Å². The number of aliphatic hydroxyl groups is 1. The Bertz CT molecular complexity index is 695. The van der Waals surface area contributed by atoms with Gasteiger partial charge in [-0.1, -0.05) is 30.3 Å². The molecule has 0 spiro atoms. The minimum Gasteiger partial charge on any atom is -0.385 e. The summed E-state index contributed by atoms with van der Waals surface area (Å²) >= 11 is 0. The lowest BCUT2D eigenvalue weighted by Gasteiger charge is -2.37. The second-order valence-electron chi connectivity index (χ2n) is 7.67. The highest BCUT2D eigenvalue weighted by Gasteiger charge is 2.41. The molecule has 0 radical (unpaired) electrons. The van der Waals surface area contributed by atoms with E-state index in [9.17, 15) is 5.11 Å². The summed E-state index contributed by atoms with van der Waals surface area (Å²) in [5.74, 6) is 0.103. The summed E-state index contributed by atoms with van der Waals surface area (Å²) in [5, 5.41) is 12.0. The van der Waals surface area contributed by atoms with E-state index in [1.165, 1.54) is 5.56 Å². The van der Waals surface area contributed by atoms with Crippen molar-refractivity contribution in [2.24, 2.45) is 0 Å². The van der Waals surface area contributed by atoms with Crippen molar-refractivity contribution in [3.8, 4) is 0 Å². The van der Waals surface area contributed by atoms with E-state index in [-0.39, 0.29) is 5.92 Å². The number of benzene rings is 1. The van der Waals surface area contributed by atoms with Crippen LogP contribution in [0.1, 0.15) is 54.0 Å². The zero-order valence-electron chi connectivity index (χ0n) is 15.7. The summed E-state index contributed by atoms with van der Waals surface area (Å²) in [6.45, 7) is 3.00. The van der Waals surface area contributed by atoms with Gasteiger partial charge < -0.3 is 10.0 Å². The van der Waals surface area contributed by atoms with E-state index in [4.69, 9.17) is 0 Å². The molecule has 1 aliphatic rings. The van der Waals surface area contributed by atoms with Crippen molar-refractivity contribution in [2.75, 3.05) is 20.6 Å². The van der Waals surface area contributed by atoms with Gasteiger partial charge >= 0.3 is 0 Å². The molecule has 0 fully saturated rings. The highest BCUT2D eigenvalue weighted by Crippen LogP contribution is 2.46. The zero-order valence-corrected chi connectivity index (χ0v) is 15.7. The fourth-order valence-electron chi connectivity index (χ4n) is 4.19. The molecular weight excluding hydrogens is 308 g/mol. The summed E-state index contributed by atoms with van der Waals surface area (Å²) < 4.78 is 0. The Hall–Kier alpha value is -1.71. The van der Waals surface area contributed by atoms with Crippen LogP contribution in [0.4, 0.5) is 0 Å². The minimum atomic E-state index is -0.819. The number of rotatable bonds is 5. The number of fused-ring (bicyclic) bond motifs is 1. The van der Waals surface area contributed by atoms with Crippen molar-refractivity contribution in [1.29, 1.82) is 0 Å². The average molecular weight is 338 g/mol. The average Bonchev–Trinajstić information content (AvgIpc) is 2.73. The predicted molar refractivity (Wildman–Crippen MR) is 103 cm³/mol. The second-order valence-corrected chi connectivity index (χ2v) is 7.67. The van der Waals surface area contributed by atoms with Crippen molar-refractivity contribution < 1.29 is 5.11 Å². The first kappa shape index (κ1) is 18.1. The molecule has 2 atom stereocenters. The molecule has 2 unspecified atom stereocenters. The fourth-order valence-corrected chi connectivity index (χ4v) is 4.19. The Labute approximate surface area is 151 Å². The molecule has 1 aromatic carbocycles. The van der Waals surface area contributed by atoms with Crippen LogP contribution in [0.25, 0.3) is 0 Å². The molecule has 2 aromatic rings. The number of aryl methyl sites for hydroxylation is 2. The van der Waals surface area contributed by atoms with Gasteiger partial charge in [-0.2, -0.15) is 0 Å². The summed E-state index contributed by atoms with van der Waals surface area (Å²) in [4.78, 5) is 6.68. The van der Waals surface area contributed by atoms with Crippen LogP contribution >= 0.6 is 0 Å². The molecule has 0 saturated carbocycles. The molecule has 134 valence electrons. The molecule has 1 N–H and O–H groups in total. The molecule has 0 bridgehead atoms. The number of aromatic nitrogens is 1. The molecular formula is C22H30N2O. The van der Waals surface area contributed by atoms with Crippen molar-refractivity contribution >= 4 is 0 Å². The maximum absolute atomic E-state index is 12.0. The molecule has 25 heavy (non-hydrogen) atoms. The Morgan fingerprint density at radius 2 is 2.00 bits per heavy atom. The van der Waals surface area contributed by atoms with Crippen molar-refractivity contribution in [1.82, 2.24) is 9.88 Å². The van der Waals surface area contributed by atoms with Crippen LogP contribution in [-0.4, -0.2) is 35.6 Å². The van der Waals surface area contributed by atoms with Gasteiger partial charge in [-0.15, -0.1) is 0 Å². The Morgan fingerprint density at radius 1 is 1.20 bits per heavy atom. The van der Waals surface area contributed by atoms with Gasteiger partial charge in [-0.25, -0.2) is 0 Å². The van der Waals surface area contributed by atoms with Gasteiger partial charge in [-0.3, -0.25) is 4.98 Å². The third-order valence-corrected chi connectivity index (χ3v) is 5.50. The standard InChI is InChI=1S/C22H30N2O/c1-17-12-13-19(16-23-17)21-11-6-9-18-8-4-5-10-20(18)22(21,25)14-7-15-24(2)3/h4-5,8,10,12-13,16,21,25H,6-7,9,11,14-15H2,1-3H3. The molecule has 0 aliphatic heterocycles. The smallest absolute Gasteiger partial charge is 0.0968 e. The van der Waals surface area contributed by atoms with Crippen molar-refractivity contribution in [2.45, 2.75) is 50.5 Å². The van der Waals surface area contributed by atoms with Crippen LogP contribution in [-0.2, 0) is 12.0 Å². The van der Waals surface area contributed by atoms with Crippen LogP contribution in [0.3, 0.4) is 0 Å². The summed E-state index contributed by atoms with van der Waals surface area (Å²) in [7, 11) is 4.18. The van der Waals surface area contributed by atoms with E-state index >= 15 is 0 Å². The van der Waals surface area contributed by atoms with Crippen molar-refractivity contribution in [3.05, 3.63) is 65.0 Å². The first-order chi connectivity index (χ1) is 12.0. The molecule has 0 amide bonds. The number of hydrogen-bond acceptors (Lipinski definition) is 3. The highest BCUT2D eigenvalue weighted by molar-refractivity contribution is 5.38. The van der Waals surface area contributed by atoms with Crippen LogP contribution in [0, 0.1) is 6.92 Å². The van der Waals surface area contributed by atoms with Gasteiger partial charge in [0.15, 0.2) is 0 Å². The molecule has 3 heteroatoms. The van der Waals surface area contributed by atoms with E-state index in [0.29, 0.717) is 0 Å². The van der Waals surface area contributed by atoms with E-state index in [2.05, 4.69) is 60.4 Å². The third-order valence-electron chi connectivity index (χ3n) is 5.50. The molecule has 3 nitrogen and oxygen atoms in total. The Balaban J connectivity index is 2.00. The van der Waals surface area contributed by atoms with Gasteiger partial charge in [0.2, 0.25) is 0 Å². The largest absolute Gasteiger partial charge is 0.385 e. The van der Waals surface area contributed by atoms with E-state index in [0.717, 1.165) is 55.5 Å². The van der Waals surface area contributed by atoms with E-state index in [1.807, 2.05) is 13.1 Å². The van der Waals surface area contributed by atoms with Gasteiger partial charge in [0.1, 0.15) is 0 Å². The summed E-state index contributed by atoms with van der Waals surface area (Å²) in [6.07, 6.45) is 6.87. The number of hydrogen-bond donors (Lipinski definition) is 1. The third kappa shape index (κ3) is 3.94. The summed E-state index contributed by atoms with van der Waals surface area (Å²) in [6, 6.07) is 12.7. The van der Waals surface area contributed by atoms with Gasteiger partial charge in [0.25, 0.3) is 0 Å². The second kappa shape index (κ2) is 7.67. The Kier molecular flexibility index (Phi) is 5.55. The first-order valence-electron chi connectivity index (χ1n) is 9.39. The van der Waals surface area contributed by atoms with Gasteiger partial charge in [0, 0.05) is 17.8 Å². The zero-order chi connectivity index (χ0) is 17.9. The monoisotopic (exact) mass is 338 g/mol. The van der Waals surface area contributed by atoms with Crippen LogP contribution in [0.5, 0.6) is 0 Å². The quantitative estimate of drug-likeness (QED) is 0.836. The predicted octanol–water partition coefficient (Wildman–Crippen LogP) is 4.04. The lowest BCUT2D eigenvalue weighted by Crippen LogP contribution is -2.34. The fraction of sp³-hybridized carbons (Fsp3) is 0.500. The van der Waals surface area contributed by atoms with Crippen LogP contribution in [0.15, 0.2) is 42.6 Å². The molecule has 1 aromatic heterocycles. The SMILES string of the molecule is Cc1ccc(C2CCCc3ccccc3C2(O)CCCN(C)C)cn1. The van der Waals surface area contributed by atoms with Gasteiger partial charge in [-0.05, 0) is 82.4 Å². The number of pyridine rings is 1. The number of nitrogens with zero attached hydrogens (tertiary/aromatic N) is 2. The lowest BCUT2D eigenvalue weighted by molar-refractivity contribution is -0.00615. The summed E-state index contributed by atoms with van der Waals surface area (Å²) in [5.41, 5.74) is 3.79. The van der Waals surface area contributed by atoms with Crippen LogP contribution in [0.2, 0.25) is 0 Å². The molecule has 0 saturated heterocycles. The lowest BCUT2D eigenvalue weighted by atomic mass is 9.73. The highest BCUT2D eigenvalue weighted by atomic mass is 16.3. The van der Waals surface area contributed by atoms with Crippen molar-refractivity contribution in [3.63, 3.8) is 0 Å². The molecule has 3 rings (SSSR count). The first-order valence-corrected chi connectivity index (χ1v) is 9.39. The minimum absolute atomic E-state index is 0.103.